The lowest BCUT2D eigenvalue weighted by Gasteiger charge is -2.32. The number of carbonyl (C=O) groups is 6. The number of para-hydroxylation sites is 1. The fraction of sp³-hybridized carbons (Fsp3) is 0.347. The Labute approximate surface area is 390 Å². The van der Waals surface area contributed by atoms with Crippen LogP contribution in [0.5, 0.6) is 5.75 Å². The van der Waals surface area contributed by atoms with Crippen molar-refractivity contribution < 1.29 is 56.5 Å². The van der Waals surface area contributed by atoms with E-state index in [9.17, 15) is 37.1 Å². The van der Waals surface area contributed by atoms with Gasteiger partial charge in [-0.3, -0.25) is 24.0 Å². The summed E-state index contributed by atoms with van der Waals surface area (Å²) >= 11 is 0. The molecule has 7 rings (SSSR count). The largest absolute Gasteiger partial charge is 0.490 e. The molecule has 5 amide bonds. The zero-order valence-corrected chi connectivity index (χ0v) is 37.0. The first kappa shape index (κ1) is 50.2. The Bertz CT molecular complexity index is 2510. The molecule has 2 saturated heterocycles. The number of carbonyl (C=O) groups excluding carboxylic acids is 5. The normalized spacial score (nSPS) is 17.1. The van der Waals surface area contributed by atoms with Gasteiger partial charge in [-0.2, -0.15) is 13.2 Å². The molecule has 2 fully saturated rings. The minimum absolute atomic E-state index is 0.0623. The average Bonchev–Trinajstić information content (AvgIpc) is 4.12. The number of hydrogen-bond acceptors (Lipinski definition) is 9. The topological polar surface area (TPSA) is 239 Å². The van der Waals surface area contributed by atoms with Crippen molar-refractivity contribution in [2.75, 3.05) is 19.7 Å². The summed E-state index contributed by atoms with van der Waals surface area (Å²) in [6.07, 6.45) is -0.848. The quantitative estimate of drug-likeness (QED) is 0.0734. The first-order chi connectivity index (χ1) is 32.6. The molecule has 0 unspecified atom stereocenters. The fourth-order valence-corrected chi connectivity index (χ4v) is 8.13. The van der Waals surface area contributed by atoms with Gasteiger partial charge in [-0.15, -0.1) is 0 Å². The van der Waals surface area contributed by atoms with E-state index in [-0.39, 0.29) is 31.4 Å². The molecule has 0 radical (unpaired) electrons. The zero-order chi connectivity index (χ0) is 48.8. The van der Waals surface area contributed by atoms with Gasteiger partial charge in [-0.1, -0.05) is 91.0 Å². The predicted octanol–water partition coefficient (Wildman–Crippen LogP) is 4.15. The van der Waals surface area contributed by atoms with Gasteiger partial charge in [0.15, 0.2) is 0 Å². The molecule has 16 nitrogen and oxygen atoms in total. The third-order valence-electron chi connectivity index (χ3n) is 11.6. The number of nitrogens with zero attached hydrogens (tertiary/aromatic N) is 2. The molecule has 0 bridgehead atoms. The molecule has 68 heavy (non-hydrogen) atoms. The second-order valence-corrected chi connectivity index (χ2v) is 16.5. The second-order valence-electron chi connectivity index (χ2n) is 16.5. The van der Waals surface area contributed by atoms with Crippen LogP contribution in [0.25, 0.3) is 10.9 Å². The number of H-pyrrole nitrogens is 1. The van der Waals surface area contributed by atoms with Gasteiger partial charge in [0.2, 0.25) is 29.5 Å². The van der Waals surface area contributed by atoms with Crippen molar-refractivity contribution in [3.8, 4) is 5.75 Å². The molecule has 2 aliphatic heterocycles. The summed E-state index contributed by atoms with van der Waals surface area (Å²) in [5.41, 5.74) is 16.7. The van der Waals surface area contributed by atoms with E-state index >= 15 is 0 Å². The molecule has 19 heteroatoms. The van der Waals surface area contributed by atoms with Crippen molar-refractivity contribution in [2.24, 2.45) is 11.5 Å². The molecule has 0 aliphatic carbocycles. The molecule has 8 N–H and O–H groups in total. The Morgan fingerprint density at radius 2 is 1.32 bits per heavy atom. The second kappa shape index (κ2) is 23.5. The minimum atomic E-state index is -5.08. The lowest BCUT2D eigenvalue weighted by molar-refractivity contribution is -0.192. The number of primary amides is 1. The van der Waals surface area contributed by atoms with Gasteiger partial charge in [0.05, 0.1) is 19.3 Å². The number of likely N-dealkylation sites (tertiary alicyclic amines) is 2. The molecule has 360 valence electrons. The maximum absolute atomic E-state index is 14.3. The van der Waals surface area contributed by atoms with Crippen LogP contribution in [0, 0.1) is 0 Å². The number of carboxylic acid groups (broad SMARTS) is 1. The molecule has 0 saturated carbocycles. The number of aromatic amines is 1. The summed E-state index contributed by atoms with van der Waals surface area (Å²) in [6.45, 7) is 1.10. The first-order valence-electron chi connectivity index (χ1n) is 22.1. The summed E-state index contributed by atoms with van der Waals surface area (Å²) in [6, 6.07) is 29.3. The van der Waals surface area contributed by atoms with Crippen molar-refractivity contribution >= 4 is 46.4 Å². The maximum Gasteiger partial charge on any atom is 0.490 e. The number of carboxylic acids is 1. The smallest absolute Gasteiger partial charge is 0.489 e. The summed E-state index contributed by atoms with van der Waals surface area (Å²) in [4.78, 5) is 84.0. The van der Waals surface area contributed by atoms with Gasteiger partial charge < -0.3 is 51.5 Å². The Morgan fingerprint density at radius 1 is 0.735 bits per heavy atom. The molecule has 2 aliphatic rings. The standard InChI is InChI=1S/C47H53N7O7.C2HF3O2/c48-37(26-34-27-50-38-16-8-7-15-36(34)38)46(58)54-24-10-18-42(54)47(59)53-23-9-17-41(53)45(57)51-39(25-31-19-21-35(22-20-31)61-29-33-13-5-2-6-14-33)44(56)52-40(43(49)55)30-60-28-32-11-3-1-4-12-32;3-2(4,5)1(6)7/h1-8,11-16,19-22,27,37,39-42,50H,9-10,17-18,23-26,28-30,48H2,(H2,49,55)(H,51,57)(H,52,56);(H,6,7)/t37-,39-,40-,41-,42-;/m0./s1. The van der Waals surface area contributed by atoms with E-state index in [4.69, 9.17) is 30.8 Å². The van der Waals surface area contributed by atoms with Crippen LogP contribution in [0.15, 0.2) is 115 Å². The van der Waals surface area contributed by atoms with Crippen LogP contribution in [0.2, 0.25) is 0 Å². The van der Waals surface area contributed by atoms with E-state index < -0.39 is 60.1 Å². The average molecular weight is 942 g/mol. The molecule has 0 spiro atoms. The van der Waals surface area contributed by atoms with Crippen molar-refractivity contribution in [1.82, 2.24) is 25.4 Å². The Hall–Kier alpha value is -7.25. The van der Waals surface area contributed by atoms with Gasteiger partial charge >= 0.3 is 12.1 Å². The first-order valence-corrected chi connectivity index (χ1v) is 22.1. The van der Waals surface area contributed by atoms with Gasteiger partial charge in [0.25, 0.3) is 0 Å². The van der Waals surface area contributed by atoms with Crippen LogP contribution < -0.4 is 26.8 Å². The van der Waals surface area contributed by atoms with Crippen LogP contribution >= 0.6 is 0 Å². The number of nitrogens with one attached hydrogen (secondary N) is 3. The Balaban J connectivity index is 0.00000101. The predicted molar refractivity (Wildman–Crippen MR) is 243 cm³/mol. The highest BCUT2D eigenvalue weighted by molar-refractivity contribution is 5.96. The van der Waals surface area contributed by atoms with Gasteiger partial charge in [0, 0.05) is 36.6 Å². The molecule has 1 aromatic heterocycles. The molecule has 5 aromatic rings. The van der Waals surface area contributed by atoms with Gasteiger partial charge in [-0.25, -0.2) is 4.79 Å². The lowest BCUT2D eigenvalue weighted by atomic mass is 10.0. The number of benzene rings is 4. The van der Waals surface area contributed by atoms with E-state index in [1.54, 1.807) is 17.0 Å². The van der Waals surface area contributed by atoms with Crippen LogP contribution in [0.3, 0.4) is 0 Å². The minimum Gasteiger partial charge on any atom is -0.489 e. The van der Waals surface area contributed by atoms with E-state index in [1.807, 2.05) is 103 Å². The summed E-state index contributed by atoms with van der Waals surface area (Å²) in [5, 5.41) is 13.7. The molecule has 5 atom stereocenters. The molecule has 4 aromatic carbocycles. The van der Waals surface area contributed by atoms with Crippen LogP contribution in [0.4, 0.5) is 13.2 Å². The Morgan fingerprint density at radius 3 is 1.96 bits per heavy atom. The SMILES string of the molecule is NC(=O)[C@H](COCc1ccccc1)NC(=O)[C@H](Cc1ccc(OCc2ccccc2)cc1)NC(=O)[C@@H]1CCCN1C(=O)[C@@H]1CCCN1C(=O)[C@@H](N)Cc1c[nH]c2ccccc12.O=C(O)C(F)(F)F. The van der Waals surface area contributed by atoms with Crippen molar-refractivity contribution in [1.29, 1.82) is 0 Å². The number of fused-ring (bicyclic) bond motifs is 1. The highest BCUT2D eigenvalue weighted by Gasteiger charge is 2.44. The van der Waals surface area contributed by atoms with Crippen LogP contribution in [-0.4, -0.2) is 111 Å². The summed E-state index contributed by atoms with van der Waals surface area (Å²) in [5.74, 6) is -4.72. The number of amides is 5. The Kier molecular flexibility index (Phi) is 17.3. The molecule has 3 heterocycles. The monoisotopic (exact) mass is 941 g/mol. The third-order valence-corrected chi connectivity index (χ3v) is 11.6. The number of aromatic nitrogens is 1. The molecular weight excluding hydrogens is 888 g/mol. The van der Waals surface area contributed by atoms with Crippen LogP contribution in [0.1, 0.15) is 47.9 Å². The van der Waals surface area contributed by atoms with E-state index in [2.05, 4.69) is 15.6 Å². The van der Waals surface area contributed by atoms with E-state index in [0.717, 1.165) is 27.6 Å². The summed E-state index contributed by atoms with van der Waals surface area (Å²) < 4.78 is 43.4. The van der Waals surface area contributed by atoms with Crippen molar-refractivity contribution in [3.05, 3.63) is 138 Å². The zero-order valence-electron chi connectivity index (χ0n) is 37.0. The lowest BCUT2D eigenvalue weighted by Crippen LogP contribution is -2.59. The van der Waals surface area contributed by atoms with Crippen molar-refractivity contribution in [3.63, 3.8) is 0 Å². The fourth-order valence-electron chi connectivity index (χ4n) is 8.13. The van der Waals surface area contributed by atoms with Crippen molar-refractivity contribution in [2.45, 2.75) is 88.1 Å². The van der Waals surface area contributed by atoms with E-state index in [1.165, 1.54) is 4.90 Å². The number of hydrogen-bond donors (Lipinski definition) is 6. The highest BCUT2D eigenvalue weighted by atomic mass is 19.4. The van der Waals surface area contributed by atoms with Gasteiger partial charge in [-0.05, 0) is 72.6 Å². The number of rotatable bonds is 18. The summed E-state index contributed by atoms with van der Waals surface area (Å²) in [7, 11) is 0. The molecular formula is C49H54F3N7O9. The highest BCUT2D eigenvalue weighted by Crippen LogP contribution is 2.27. The maximum atomic E-state index is 14.3. The van der Waals surface area contributed by atoms with E-state index in [0.29, 0.717) is 63.1 Å². The number of nitrogens with two attached hydrogens (primary N) is 2. The van der Waals surface area contributed by atoms with Crippen LogP contribution in [-0.2, 0) is 59.6 Å². The number of ether oxygens (including phenoxy) is 2. The van der Waals surface area contributed by atoms with Gasteiger partial charge in [0.1, 0.15) is 36.5 Å². The number of aliphatic carboxylic acids is 1. The third kappa shape index (κ3) is 13.7. The number of alkyl halides is 3. The number of halogens is 3.